The largest absolute Gasteiger partial charge is 0.436 e. The fourth-order valence-corrected chi connectivity index (χ4v) is 2.63. The first-order valence-electron chi connectivity index (χ1n) is 8.28. The number of carbonyl (C=O) groups is 1. The molecule has 0 unspecified atom stereocenters. The lowest BCUT2D eigenvalue weighted by atomic mass is 10.2. The zero-order valence-electron chi connectivity index (χ0n) is 13.9. The maximum Gasteiger partial charge on any atom is 0.248 e. The number of carbonyl (C=O) groups excluding carboxylic acids is 1. The monoisotopic (exact) mass is 340 g/mol. The van der Waals surface area contributed by atoms with E-state index in [1.54, 1.807) is 18.2 Å². The number of hydrogen-bond donors (Lipinski definition) is 1. The number of aromatic nitrogens is 1. The molecule has 1 N–H and O–H groups in total. The summed E-state index contributed by atoms with van der Waals surface area (Å²) in [6.07, 6.45) is 3.29. The summed E-state index contributed by atoms with van der Waals surface area (Å²) in [5.41, 5.74) is 3.95. The number of fused-ring (bicyclic) bond motifs is 1. The Bertz CT molecular complexity index is 1070. The lowest BCUT2D eigenvalue weighted by molar-refractivity contribution is -0.111. The lowest BCUT2D eigenvalue weighted by Crippen LogP contribution is -2.07. The zero-order chi connectivity index (χ0) is 17.8. The van der Waals surface area contributed by atoms with Crippen LogP contribution in [0.5, 0.6) is 0 Å². The minimum atomic E-state index is -0.194. The Morgan fingerprint density at radius 1 is 0.923 bits per heavy atom. The van der Waals surface area contributed by atoms with Gasteiger partial charge in [-0.05, 0) is 42.0 Å². The van der Waals surface area contributed by atoms with Crippen LogP contribution in [-0.4, -0.2) is 10.9 Å². The summed E-state index contributed by atoms with van der Waals surface area (Å²) in [6.45, 7) is 0. The molecule has 0 bridgehead atoms. The molecule has 0 aliphatic rings. The van der Waals surface area contributed by atoms with Crippen LogP contribution in [0.1, 0.15) is 5.56 Å². The van der Waals surface area contributed by atoms with Gasteiger partial charge in [-0.25, -0.2) is 4.98 Å². The third-order valence-electron chi connectivity index (χ3n) is 3.90. The van der Waals surface area contributed by atoms with Crippen LogP contribution < -0.4 is 5.32 Å². The second-order valence-corrected chi connectivity index (χ2v) is 5.80. The molecule has 4 aromatic rings. The normalized spacial score (nSPS) is 11.1. The van der Waals surface area contributed by atoms with Crippen molar-refractivity contribution >= 4 is 28.8 Å². The summed E-state index contributed by atoms with van der Waals surface area (Å²) in [5, 5.41) is 2.85. The van der Waals surface area contributed by atoms with Crippen molar-refractivity contribution in [2.75, 3.05) is 5.32 Å². The maximum absolute atomic E-state index is 12.1. The van der Waals surface area contributed by atoms with Gasteiger partial charge < -0.3 is 9.73 Å². The van der Waals surface area contributed by atoms with Gasteiger partial charge in [0.05, 0.1) is 0 Å². The van der Waals surface area contributed by atoms with Crippen molar-refractivity contribution in [2.45, 2.75) is 0 Å². The number of nitrogens with one attached hydrogen (secondary N) is 1. The van der Waals surface area contributed by atoms with Gasteiger partial charge in [0.15, 0.2) is 5.58 Å². The molecule has 0 fully saturated rings. The van der Waals surface area contributed by atoms with E-state index in [-0.39, 0.29) is 5.91 Å². The summed E-state index contributed by atoms with van der Waals surface area (Å²) in [7, 11) is 0. The van der Waals surface area contributed by atoms with E-state index in [0.717, 1.165) is 11.1 Å². The second kappa shape index (κ2) is 7.07. The Morgan fingerprint density at radius 2 is 1.65 bits per heavy atom. The fraction of sp³-hybridized carbons (Fsp3) is 0. The maximum atomic E-state index is 12.1. The highest BCUT2D eigenvalue weighted by atomic mass is 16.3. The molecule has 4 nitrogen and oxygen atoms in total. The molecule has 0 atom stereocenters. The number of nitrogens with zero attached hydrogens (tertiary/aromatic N) is 1. The minimum Gasteiger partial charge on any atom is -0.436 e. The van der Waals surface area contributed by atoms with Gasteiger partial charge >= 0.3 is 0 Å². The average Bonchev–Trinajstić information content (AvgIpc) is 3.11. The molecule has 4 heteroatoms. The van der Waals surface area contributed by atoms with Crippen LogP contribution in [-0.2, 0) is 4.79 Å². The van der Waals surface area contributed by atoms with Gasteiger partial charge in [0.2, 0.25) is 11.8 Å². The predicted molar refractivity (Wildman–Crippen MR) is 104 cm³/mol. The molecule has 0 aliphatic carbocycles. The smallest absolute Gasteiger partial charge is 0.248 e. The molecule has 0 radical (unpaired) electrons. The highest BCUT2D eigenvalue weighted by molar-refractivity contribution is 6.02. The van der Waals surface area contributed by atoms with Crippen LogP contribution in [0.2, 0.25) is 0 Å². The van der Waals surface area contributed by atoms with E-state index in [2.05, 4.69) is 10.3 Å². The van der Waals surface area contributed by atoms with Crippen LogP contribution in [0.4, 0.5) is 5.69 Å². The number of amides is 1. The van der Waals surface area contributed by atoms with Gasteiger partial charge in [-0.15, -0.1) is 0 Å². The van der Waals surface area contributed by atoms with Crippen molar-refractivity contribution in [3.05, 3.63) is 90.5 Å². The molecule has 0 spiro atoms. The molecule has 26 heavy (non-hydrogen) atoms. The Morgan fingerprint density at radius 3 is 2.42 bits per heavy atom. The summed E-state index contributed by atoms with van der Waals surface area (Å²) >= 11 is 0. The molecule has 1 aromatic heterocycles. The molecular formula is C22H16N2O2. The standard InChI is InChI=1S/C22H16N2O2/c25-21(14-11-16-7-3-1-4-8-16)23-18-12-13-20-19(15-18)24-22(26-20)17-9-5-2-6-10-17/h1-15H,(H,23,25). The Labute approximate surface area is 150 Å². The Kier molecular flexibility index (Phi) is 4.31. The van der Waals surface area contributed by atoms with E-state index < -0.39 is 0 Å². The Balaban J connectivity index is 1.52. The van der Waals surface area contributed by atoms with E-state index in [1.807, 2.05) is 66.7 Å². The third kappa shape index (κ3) is 3.54. The van der Waals surface area contributed by atoms with Crippen molar-refractivity contribution in [3.63, 3.8) is 0 Å². The molecular weight excluding hydrogens is 324 g/mol. The van der Waals surface area contributed by atoms with Crippen molar-refractivity contribution in [2.24, 2.45) is 0 Å². The number of oxazole rings is 1. The predicted octanol–water partition coefficient (Wildman–Crippen LogP) is 5.15. The quantitative estimate of drug-likeness (QED) is 0.523. The first-order valence-corrected chi connectivity index (χ1v) is 8.28. The average molecular weight is 340 g/mol. The van der Waals surface area contributed by atoms with E-state index in [9.17, 15) is 4.79 Å². The van der Waals surface area contributed by atoms with Gasteiger partial charge in [-0.1, -0.05) is 48.5 Å². The molecule has 126 valence electrons. The molecule has 1 heterocycles. The van der Waals surface area contributed by atoms with Crippen LogP contribution in [0.3, 0.4) is 0 Å². The van der Waals surface area contributed by atoms with Gasteiger partial charge in [-0.2, -0.15) is 0 Å². The summed E-state index contributed by atoms with van der Waals surface area (Å²) in [4.78, 5) is 16.6. The molecule has 0 saturated carbocycles. The summed E-state index contributed by atoms with van der Waals surface area (Å²) in [5.74, 6) is 0.369. The van der Waals surface area contributed by atoms with Gasteiger partial charge in [0, 0.05) is 17.3 Å². The summed E-state index contributed by atoms with van der Waals surface area (Å²) in [6, 6.07) is 24.8. The van der Waals surface area contributed by atoms with Crippen molar-refractivity contribution in [3.8, 4) is 11.5 Å². The topological polar surface area (TPSA) is 55.1 Å². The van der Waals surface area contributed by atoms with Gasteiger partial charge in [0.25, 0.3) is 0 Å². The molecule has 1 amide bonds. The van der Waals surface area contributed by atoms with Crippen molar-refractivity contribution < 1.29 is 9.21 Å². The molecule has 3 aromatic carbocycles. The highest BCUT2D eigenvalue weighted by Crippen LogP contribution is 2.26. The lowest BCUT2D eigenvalue weighted by Gasteiger charge is -2.01. The van der Waals surface area contributed by atoms with Crippen LogP contribution in [0.25, 0.3) is 28.6 Å². The second-order valence-electron chi connectivity index (χ2n) is 5.80. The number of anilines is 1. The minimum absolute atomic E-state index is 0.194. The van der Waals surface area contributed by atoms with Crippen molar-refractivity contribution in [1.82, 2.24) is 4.98 Å². The Hall–Kier alpha value is -3.66. The van der Waals surface area contributed by atoms with Crippen molar-refractivity contribution in [1.29, 1.82) is 0 Å². The van der Waals surface area contributed by atoms with E-state index >= 15 is 0 Å². The van der Waals surface area contributed by atoms with Gasteiger partial charge in [-0.3, -0.25) is 4.79 Å². The fourth-order valence-electron chi connectivity index (χ4n) is 2.63. The number of benzene rings is 3. The van der Waals surface area contributed by atoms with E-state index in [4.69, 9.17) is 4.42 Å². The SMILES string of the molecule is O=C(C=Cc1ccccc1)Nc1ccc2oc(-c3ccccc3)nc2c1. The number of hydrogen-bond acceptors (Lipinski definition) is 3. The number of rotatable bonds is 4. The zero-order valence-corrected chi connectivity index (χ0v) is 13.9. The molecule has 0 saturated heterocycles. The van der Waals surface area contributed by atoms with Crippen LogP contribution >= 0.6 is 0 Å². The first kappa shape index (κ1) is 15.8. The molecule has 0 aliphatic heterocycles. The highest BCUT2D eigenvalue weighted by Gasteiger charge is 2.09. The van der Waals surface area contributed by atoms with E-state index in [1.165, 1.54) is 6.08 Å². The molecule has 4 rings (SSSR count). The van der Waals surface area contributed by atoms with Crippen LogP contribution in [0, 0.1) is 0 Å². The third-order valence-corrected chi connectivity index (χ3v) is 3.90. The van der Waals surface area contributed by atoms with E-state index in [0.29, 0.717) is 22.7 Å². The summed E-state index contributed by atoms with van der Waals surface area (Å²) < 4.78 is 5.78. The van der Waals surface area contributed by atoms with Gasteiger partial charge in [0.1, 0.15) is 5.52 Å². The van der Waals surface area contributed by atoms with Crippen LogP contribution in [0.15, 0.2) is 89.4 Å². The first-order chi connectivity index (χ1) is 12.8.